The number of hydrogen-bond donors (Lipinski definition) is 1. The topological polar surface area (TPSA) is 59.0 Å². The van der Waals surface area contributed by atoms with Crippen LogP contribution in [0.4, 0.5) is 4.39 Å². The van der Waals surface area contributed by atoms with E-state index in [-0.39, 0.29) is 17.6 Å². The molecule has 0 fully saturated rings. The Morgan fingerprint density at radius 1 is 1.47 bits per heavy atom. The standard InChI is InChI=1S/C15H21FN2O/c1-11(18)8-12-4-5-14(13(16)9-12)19-7-6-15(2,3)10-17/h4-5,9,11H,6-8,18H2,1-3H3. The molecule has 0 heterocycles. The van der Waals surface area contributed by atoms with Crippen molar-refractivity contribution in [2.75, 3.05) is 6.61 Å². The van der Waals surface area contributed by atoms with Crippen LogP contribution in [0, 0.1) is 22.6 Å². The van der Waals surface area contributed by atoms with Crippen LogP contribution < -0.4 is 10.5 Å². The minimum atomic E-state index is -0.453. The number of nitriles is 1. The van der Waals surface area contributed by atoms with Gasteiger partial charge in [0.1, 0.15) is 0 Å². The molecule has 0 bridgehead atoms. The summed E-state index contributed by atoms with van der Waals surface area (Å²) in [4.78, 5) is 0. The van der Waals surface area contributed by atoms with Crippen molar-refractivity contribution in [2.45, 2.75) is 39.7 Å². The van der Waals surface area contributed by atoms with Crippen molar-refractivity contribution in [3.63, 3.8) is 0 Å². The van der Waals surface area contributed by atoms with Gasteiger partial charge in [0.15, 0.2) is 11.6 Å². The molecule has 0 amide bonds. The fourth-order valence-electron chi connectivity index (χ4n) is 1.63. The van der Waals surface area contributed by atoms with Crippen LogP contribution in [-0.2, 0) is 6.42 Å². The van der Waals surface area contributed by atoms with E-state index in [0.29, 0.717) is 19.4 Å². The normalized spacial score (nSPS) is 12.8. The molecule has 1 unspecified atom stereocenters. The van der Waals surface area contributed by atoms with Gasteiger partial charge in [-0.15, -0.1) is 0 Å². The fraction of sp³-hybridized carbons (Fsp3) is 0.533. The quantitative estimate of drug-likeness (QED) is 0.859. The lowest BCUT2D eigenvalue weighted by atomic mass is 9.92. The Labute approximate surface area is 114 Å². The zero-order valence-corrected chi connectivity index (χ0v) is 11.7. The Balaban J connectivity index is 2.59. The van der Waals surface area contributed by atoms with Crippen LogP contribution in [0.25, 0.3) is 0 Å². The maximum absolute atomic E-state index is 13.8. The number of benzene rings is 1. The zero-order chi connectivity index (χ0) is 14.5. The van der Waals surface area contributed by atoms with Crippen molar-refractivity contribution >= 4 is 0 Å². The summed E-state index contributed by atoms with van der Waals surface area (Å²) in [7, 11) is 0. The second kappa shape index (κ2) is 6.53. The summed E-state index contributed by atoms with van der Waals surface area (Å²) in [5, 5.41) is 8.87. The van der Waals surface area contributed by atoms with Crippen molar-refractivity contribution in [3.05, 3.63) is 29.6 Å². The first-order chi connectivity index (χ1) is 8.84. The predicted octanol–water partition coefficient (Wildman–Crippen LogP) is 3.03. The highest BCUT2D eigenvalue weighted by atomic mass is 19.1. The van der Waals surface area contributed by atoms with Gasteiger partial charge in [-0.3, -0.25) is 0 Å². The molecular formula is C15H21FN2O. The van der Waals surface area contributed by atoms with E-state index < -0.39 is 5.41 Å². The van der Waals surface area contributed by atoms with Crippen LogP contribution >= 0.6 is 0 Å². The van der Waals surface area contributed by atoms with Gasteiger partial charge in [0.05, 0.1) is 18.1 Å². The van der Waals surface area contributed by atoms with Gasteiger partial charge in [-0.1, -0.05) is 6.07 Å². The van der Waals surface area contributed by atoms with E-state index >= 15 is 0 Å². The third-order valence-corrected chi connectivity index (χ3v) is 2.84. The third-order valence-electron chi connectivity index (χ3n) is 2.84. The maximum atomic E-state index is 13.8. The summed E-state index contributed by atoms with van der Waals surface area (Å²) in [6.45, 7) is 5.87. The maximum Gasteiger partial charge on any atom is 0.165 e. The average Bonchev–Trinajstić information content (AvgIpc) is 2.31. The molecule has 1 atom stereocenters. The minimum absolute atomic E-state index is 0.00240. The number of hydrogen-bond acceptors (Lipinski definition) is 3. The second-order valence-electron chi connectivity index (χ2n) is 5.54. The lowest BCUT2D eigenvalue weighted by molar-refractivity contribution is 0.254. The van der Waals surface area contributed by atoms with Gasteiger partial charge in [0.2, 0.25) is 0 Å². The number of ether oxygens (including phenoxy) is 1. The summed E-state index contributed by atoms with van der Waals surface area (Å²) < 4.78 is 19.1. The van der Waals surface area contributed by atoms with Gasteiger partial charge in [0, 0.05) is 6.04 Å². The van der Waals surface area contributed by atoms with E-state index in [2.05, 4.69) is 6.07 Å². The van der Waals surface area contributed by atoms with Crippen LogP contribution in [0.5, 0.6) is 5.75 Å². The molecule has 0 spiro atoms. The molecule has 1 aromatic rings. The van der Waals surface area contributed by atoms with E-state index in [1.165, 1.54) is 6.07 Å². The van der Waals surface area contributed by atoms with Gasteiger partial charge < -0.3 is 10.5 Å². The summed E-state index contributed by atoms with van der Waals surface area (Å²) >= 11 is 0. The van der Waals surface area contributed by atoms with Crippen molar-refractivity contribution in [2.24, 2.45) is 11.1 Å². The molecule has 0 aliphatic carbocycles. The fourth-order valence-corrected chi connectivity index (χ4v) is 1.63. The lowest BCUT2D eigenvalue weighted by Crippen LogP contribution is -2.18. The Bertz CT molecular complexity index is 464. The highest BCUT2D eigenvalue weighted by Gasteiger charge is 2.17. The Morgan fingerprint density at radius 3 is 2.68 bits per heavy atom. The SMILES string of the molecule is CC(N)Cc1ccc(OCCC(C)(C)C#N)c(F)c1. The smallest absolute Gasteiger partial charge is 0.165 e. The first-order valence-electron chi connectivity index (χ1n) is 6.42. The molecule has 0 saturated heterocycles. The van der Waals surface area contributed by atoms with Crippen LogP contribution in [0.2, 0.25) is 0 Å². The van der Waals surface area contributed by atoms with E-state index in [1.807, 2.05) is 26.8 Å². The molecular weight excluding hydrogens is 243 g/mol. The molecule has 104 valence electrons. The van der Waals surface area contributed by atoms with Crippen LogP contribution in [0.1, 0.15) is 32.8 Å². The zero-order valence-electron chi connectivity index (χ0n) is 11.7. The van der Waals surface area contributed by atoms with Gasteiger partial charge in [0.25, 0.3) is 0 Å². The molecule has 2 N–H and O–H groups in total. The number of nitrogens with two attached hydrogens (primary N) is 1. The van der Waals surface area contributed by atoms with Crippen molar-refractivity contribution in [1.82, 2.24) is 0 Å². The van der Waals surface area contributed by atoms with Crippen LogP contribution in [0.15, 0.2) is 18.2 Å². The molecule has 0 saturated carbocycles. The lowest BCUT2D eigenvalue weighted by Gasteiger charge is -2.16. The van der Waals surface area contributed by atoms with Crippen molar-refractivity contribution in [1.29, 1.82) is 5.26 Å². The summed E-state index contributed by atoms with van der Waals surface area (Å²) in [6.07, 6.45) is 1.20. The molecule has 0 aromatic heterocycles. The highest BCUT2D eigenvalue weighted by Crippen LogP contribution is 2.22. The highest BCUT2D eigenvalue weighted by molar-refractivity contribution is 5.29. The van der Waals surface area contributed by atoms with Crippen molar-refractivity contribution < 1.29 is 9.13 Å². The molecule has 1 aromatic carbocycles. The Morgan fingerprint density at radius 2 is 2.16 bits per heavy atom. The van der Waals surface area contributed by atoms with E-state index in [9.17, 15) is 4.39 Å². The van der Waals surface area contributed by atoms with Gasteiger partial charge in [-0.05, 0) is 51.3 Å². The second-order valence-corrected chi connectivity index (χ2v) is 5.54. The van der Waals surface area contributed by atoms with Gasteiger partial charge in [-0.25, -0.2) is 4.39 Å². The monoisotopic (exact) mass is 264 g/mol. The largest absolute Gasteiger partial charge is 0.490 e. The molecule has 19 heavy (non-hydrogen) atoms. The van der Waals surface area contributed by atoms with E-state index in [0.717, 1.165) is 5.56 Å². The molecule has 0 radical (unpaired) electrons. The van der Waals surface area contributed by atoms with Gasteiger partial charge >= 0.3 is 0 Å². The molecule has 0 aliphatic heterocycles. The van der Waals surface area contributed by atoms with E-state index in [4.69, 9.17) is 15.7 Å². The van der Waals surface area contributed by atoms with Crippen LogP contribution in [-0.4, -0.2) is 12.6 Å². The number of halogens is 1. The number of nitrogens with zero attached hydrogens (tertiary/aromatic N) is 1. The summed E-state index contributed by atoms with van der Waals surface area (Å²) in [6, 6.07) is 7.07. The van der Waals surface area contributed by atoms with Crippen molar-refractivity contribution in [3.8, 4) is 11.8 Å². The first kappa shape index (κ1) is 15.5. The average molecular weight is 264 g/mol. The molecule has 0 aliphatic rings. The Kier molecular flexibility index (Phi) is 5.31. The van der Waals surface area contributed by atoms with E-state index in [1.54, 1.807) is 6.07 Å². The molecule has 4 heteroatoms. The predicted molar refractivity (Wildman–Crippen MR) is 73.3 cm³/mol. The van der Waals surface area contributed by atoms with Gasteiger partial charge in [-0.2, -0.15) is 5.26 Å². The molecule has 3 nitrogen and oxygen atoms in total. The number of rotatable bonds is 6. The van der Waals surface area contributed by atoms with Crippen LogP contribution in [0.3, 0.4) is 0 Å². The minimum Gasteiger partial charge on any atom is -0.490 e. The summed E-state index contributed by atoms with van der Waals surface area (Å²) in [5.74, 6) is -0.157. The third kappa shape index (κ3) is 5.27. The molecule has 1 rings (SSSR count). The summed E-state index contributed by atoms with van der Waals surface area (Å²) in [5.41, 5.74) is 6.08. The Hall–Kier alpha value is -1.60. The first-order valence-corrected chi connectivity index (χ1v) is 6.42.